The molecule has 0 aromatic carbocycles. The number of hydrogen-bond donors (Lipinski definition) is 2. The lowest BCUT2D eigenvalue weighted by Crippen LogP contribution is -2.39. The molecule has 2 aliphatic heterocycles. The highest BCUT2D eigenvalue weighted by Gasteiger charge is 2.41. The number of hydrogen-bond acceptors (Lipinski definition) is 7. The quantitative estimate of drug-likeness (QED) is 0.690. The summed E-state index contributed by atoms with van der Waals surface area (Å²) in [5.74, 6) is -0.0521. The Hall–Kier alpha value is -2.34. The maximum Gasteiger partial charge on any atom is 0.233 e. The molecule has 1 fully saturated rings. The van der Waals surface area contributed by atoms with Gasteiger partial charge in [0.25, 0.3) is 0 Å². The van der Waals surface area contributed by atoms with E-state index in [0.29, 0.717) is 12.0 Å². The van der Waals surface area contributed by atoms with Gasteiger partial charge in [-0.25, -0.2) is 13.4 Å². The molecule has 4 N–H and O–H groups in total. The zero-order valence-electron chi connectivity index (χ0n) is 11.0. The Morgan fingerprint density at radius 2 is 2.10 bits per heavy atom. The molecule has 21 heavy (non-hydrogen) atoms. The first-order valence-electron chi connectivity index (χ1n) is 6.34. The number of carbonyl (C=O) groups excluding carboxylic acids is 1. The zero-order valence-corrected chi connectivity index (χ0v) is 11.9. The Morgan fingerprint density at radius 1 is 1.38 bits per heavy atom. The second-order valence-electron chi connectivity index (χ2n) is 5.20. The Balaban J connectivity index is 2.09. The molecule has 3 heterocycles. The topological polar surface area (TPSA) is 143 Å². The molecule has 9 heteroatoms. The Kier molecular flexibility index (Phi) is 2.81. The van der Waals surface area contributed by atoms with E-state index < -0.39 is 15.9 Å². The summed E-state index contributed by atoms with van der Waals surface area (Å²) in [6, 6.07) is 1.43. The lowest BCUT2D eigenvalue weighted by Gasteiger charge is -2.23. The number of carbonyl (C=O) groups is 1. The number of amides is 1. The fourth-order valence-electron chi connectivity index (χ4n) is 2.85. The van der Waals surface area contributed by atoms with Crippen LogP contribution in [0.15, 0.2) is 0 Å². The van der Waals surface area contributed by atoms with Crippen LogP contribution in [0, 0.1) is 11.3 Å². The van der Waals surface area contributed by atoms with E-state index in [1.54, 1.807) is 0 Å². The third-order valence-electron chi connectivity index (χ3n) is 3.86. The Morgan fingerprint density at radius 3 is 2.67 bits per heavy atom. The number of nitriles is 1. The predicted molar refractivity (Wildman–Crippen MR) is 76.0 cm³/mol. The molecule has 1 atom stereocenters. The highest BCUT2D eigenvalue weighted by molar-refractivity contribution is 7.91. The molecule has 0 aliphatic carbocycles. The van der Waals surface area contributed by atoms with Crippen molar-refractivity contribution in [2.24, 2.45) is 0 Å². The Bertz CT molecular complexity index is 796. The van der Waals surface area contributed by atoms with Crippen molar-refractivity contribution in [3.63, 3.8) is 0 Å². The molecule has 1 aromatic heterocycles. The first kappa shape index (κ1) is 13.6. The van der Waals surface area contributed by atoms with Gasteiger partial charge in [-0.1, -0.05) is 0 Å². The molecular weight excluding hydrogens is 294 g/mol. The third kappa shape index (κ3) is 1.99. The molecular formula is C12H13N5O3S. The average molecular weight is 307 g/mol. The first-order chi connectivity index (χ1) is 9.84. The van der Waals surface area contributed by atoms with Gasteiger partial charge < -0.3 is 11.5 Å². The number of anilines is 3. The second-order valence-corrected chi connectivity index (χ2v) is 7.43. The fourth-order valence-corrected chi connectivity index (χ4v) is 4.55. The minimum absolute atomic E-state index is 0.0136. The minimum atomic E-state index is -3.13. The van der Waals surface area contributed by atoms with Crippen LogP contribution in [0.3, 0.4) is 0 Å². The van der Waals surface area contributed by atoms with Crippen LogP contribution in [-0.4, -0.2) is 36.9 Å². The first-order valence-corrected chi connectivity index (χ1v) is 8.16. The van der Waals surface area contributed by atoms with Crippen molar-refractivity contribution in [1.82, 2.24) is 4.98 Å². The number of aromatic nitrogens is 1. The van der Waals surface area contributed by atoms with Gasteiger partial charge in [0.05, 0.1) is 29.7 Å². The molecule has 0 unspecified atom stereocenters. The van der Waals surface area contributed by atoms with E-state index in [0.717, 1.165) is 0 Å². The van der Waals surface area contributed by atoms with Gasteiger partial charge in [-0.15, -0.1) is 0 Å². The van der Waals surface area contributed by atoms with Crippen LogP contribution in [0.4, 0.5) is 17.3 Å². The SMILES string of the molecule is N#Cc1c(N)nc2c(c1N)CC(=O)N2[C@@H]1CCS(=O)(=O)C1. The monoisotopic (exact) mass is 307 g/mol. The number of nitrogens with two attached hydrogens (primary N) is 2. The third-order valence-corrected chi connectivity index (χ3v) is 5.61. The number of nitrogen functional groups attached to an aromatic ring is 2. The van der Waals surface area contributed by atoms with Crippen LogP contribution in [0.1, 0.15) is 17.5 Å². The summed E-state index contributed by atoms with van der Waals surface area (Å²) in [6.45, 7) is 0. The molecule has 110 valence electrons. The van der Waals surface area contributed by atoms with E-state index in [-0.39, 0.29) is 46.7 Å². The van der Waals surface area contributed by atoms with E-state index in [1.165, 1.54) is 4.90 Å². The van der Waals surface area contributed by atoms with Crippen molar-refractivity contribution in [3.05, 3.63) is 11.1 Å². The van der Waals surface area contributed by atoms with E-state index in [4.69, 9.17) is 16.7 Å². The summed E-state index contributed by atoms with van der Waals surface area (Å²) in [6.07, 6.45) is 0.384. The van der Waals surface area contributed by atoms with E-state index in [9.17, 15) is 13.2 Å². The van der Waals surface area contributed by atoms with Crippen molar-refractivity contribution in [1.29, 1.82) is 5.26 Å². The molecule has 1 saturated heterocycles. The van der Waals surface area contributed by atoms with Crippen LogP contribution in [0.5, 0.6) is 0 Å². The van der Waals surface area contributed by atoms with Crippen LogP contribution < -0.4 is 16.4 Å². The predicted octanol–water partition coefficient (Wildman–Crippen LogP) is -0.806. The summed E-state index contributed by atoms with van der Waals surface area (Å²) >= 11 is 0. The van der Waals surface area contributed by atoms with Gasteiger partial charge in [0.1, 0.15) is 23.3 Å². The zero-order chi connectivity index (χ0) is 15.4. The maximum absolute atomic E-state index is 12.2. The van der Waals surface area contributed by atoms with Gasteiger partial charge in [-0.2, -0.15) is 5.26 Å². The Labute approximate surface area is 121 Å². The van der Waals surface area contributed by atoms with E-state index >= 15 is 0 Å². The van der Waals surface area contributed by atoms with Gasteiger partial charge >= 0.3 is 0 Å². The van der Waals surface area contributed by atoms with Crippen molar-refractivity contribution in [2.75, 3.05) is 27.9 Å². The van der Waals surface area contributed by atoms with Gasteiger partial charge in [0, 0.05) is 5.56 Å². The number of rotatable bonds is 1. The van der Waals surface area contributed by atoms with Gasteiger partial charge in [-0.3, -0.25) is 9.69 Å². The van der Waals surface area contributed by atoms with Crippen molar-refractivity contribution < 1.29 is 13.2 Å². The van der Waals surface area contributed by atoms with Crippen LogP contribution in [0.2, 0.25) is 0 Å². The number of fused-ring (bicyclic) bond motifs is 1. The molecule has 1 amide bonds. The fraction of sp³-hybridized carbons (Fsp3) is 0.417. The second kappa shape index (κ2) is 4.33. The van der Waals surface area contributed by atoms with Crippen LogP contribution in [-0.2, 0) is 21.1 Å². The number of nitrogens with zero attached hydrogens (tertiary/aromatic N) is 3. The standard InChI is InChI=1S/C12H13N5O3S/c13-4-8-10(14)7-3-9(18)17(12(7)16-11(8)15)6-1-2-21(19,20)5-6/h6H,1-3,5H2,(H4,14,15,16)/t6-/m1/s1. The molecule has 0 radical (unpaired) electrons. The van der Waals surface area contributed by atoms with Gasteiger partial charge in [0.2, 0.25) is 5.91 Å². The number of pyridine rings is 1. The number of sulfone groups is 1. The highest BCUT2D eigenvalue weighted by atomic mass is 32.2. The molecule has 0 spiro atoms. The van der Waals surface area contributed by atoms with E-state index in [2.05, 4.69) is 4.98 Å². The summed E-state index contributed by atoms with van der Waals surface area (Å²) in [5, 5.41) is 9.01. The van der Waals surface area contributed by atoms with Crippen LogP contribution in [0.25, 0.3) is 0 Å². The smallest absolute Gasteiger partial charge is 0.233 e. The van der Waals surface area contributed by atoms with Crippen molar-refractivity contribution in [3.8, 4) is 6.07 Å². The molecule has 2 aliphatic rings. The van der Waals surface area contributed by atoms with Gasteiger partial charge in [0.15, 0.2) is 9.84 Å². The lowest BCUT2D eigenvalue weighted by atomic mass is 10.1. The molecule has 3 rings (SSSR count). The summed E-state index contributed by atoms with van der Waals surface area (Å²) in [5.41, 5.74) is 12.2. The summed E-state index contributed by atoms with van der Waals surface area (Å²) in [4.78, 5) is 17.7. The van der Waals surface area contributed by atoms with Gasteiger partial charge in [-0.05, 0) is 6.42 Å². The highest BCUT2D eigenvalue weighted by Crippen LogP contribution is 2.38. The summed E-state index contributed by atoms with van der Waals surface area (Å²) < 4.78 is 23.2. The minimum Gasteiger partial charge on any atom is -0.397 e. The molecule has 0 saturated carbocycles. The normalized spacial score (nSPS) is 23.1. The average Bonchev–Trinajstić information content (AvgIpc) is 2.90. The van der Waals surface area contributed by atoms with E-state index in [1.807, 2.05) is 6.07 Å². The summed E-state index contributed by atoms with van der Waals surface area (Å²) in [7, 11) is -3.13. The lowest BCUT2D eigenvalue weighted by molar-refractivity contribution is -0.117. The van der Waals surface area contributed by atoms with Crippen molar-refractivity contribution >= 4 is 33.1 Å². The van der Waals surface area contributed by atoms with Crippen molar-refractivity contribution in [2.45, 2.75) is 18.9 Å². The molecule has 1 aromatic rings. The molecule has 0 bridgehead atoms. The largest absolute Gasteiger partial charge is 0.397 e. The maximum atomic E-state index is 12.2. The van der Waals surface area contributed by atoms with Crippen LogP contribution >= 0.6 is 0 Å². The molecule has 8 nitrogen and oxygen atoms in total.